The van der Waals surface area contributed by atoms with Crippen molar-refractivity contribution in [3.05, 3.63) is 29.8 Å². The summed E-state index contributed by atoms with van der Waals surface area (Å²) in [5.41, 5.74) is 1.02. The van der Waals surface area contributed by atoms with E-state index in [-0.39, 0.29) is 18.1 Å². The average molecular weight is 222 g/mol. The molecule has 2 nitrogen and oxygen atoms in total. The molecule has 0 radical (unpaired) electrons. The second-order valence-electron chi connectivity index (χ2n) is 5.19. The Hall–Kier alpha value is -1.02. The highest BCUT2D eigenvalue weighted by Crippen LogP contribution is 2.27. The van der Waals surface area contributed by atoms with E-state index in [0.29, 0.717) is 0 Å². The van der Waals surface area contributed by atoms with E-state index in [4.69, 9.17) is 9.84 Å². The van der Waals surface area contributed by atoms with Crippen LogP contribution in [-0.4, -0.2) is 11.2 Å². The number of benzene rings is 1. The predicted molar refractivity (Wildman–Crippen MR) is 66.5 cm³/mol. The first-order valence-corrected chi connectivity index (χ1v) is 5.84. The SMILES string of the molecule is CCC(Oc1cccc(CO)c1)C(C)(C)C. The predicted octanol–water partition coefficient (Wildman–Crippen LogP) is 3.38. The van der Waals surface area contributed by atoms with Crippen LogP contribution in [0.15, 0.2) is 24.3 Å². The number of rotatable bonds is 4. The lowest BCUT2D eigenvalue weighted by molar-refractivity contribution is 0.0831. The van der Waals surface area contributed by atoms with Crippen LogP contribution in [0.3, 0.4) is 0 Å². The Balaban J connectivity index is 2.78. The Labute approximate surface area is 98.3 Å². The molecule has 0 amide bonds. The Bertz CT molecular complexity index is 326. The van der Waals surface area contributed by atoms with E-state index in [1.807, 2.05) is 24.3 Å². The first-order valence-electron chi connectivity index (χ1n) is 5.84. The third-order valence-electron chi connectivity index (χ3n) is 2.70. The molecule has 1 unspecified atom stereocenters. The van der Waals surface area contributed by atoms with Gasteiger partial charge in [0.2, 0.25) is 0 Å². The lowest BCUT2D eigenvalue weighted by Crippen LogP contribution is -2.31. The smallest absolute Gasteiger partial charge is 0.120 e. The molecule has 1 rings (SSSR count). The van der Waals surface area contributed by atoms with E-state index >= 15 is 0 Å². The maximum absolute atomic E-state index is 9.06. The van der Waals surface area contributed by atoms with Gasteiger partial charge in [0.15, 0.2) is 0 Å². The monoisotopic (exact) mass is 222 g/mol. The van der Waals surface area contributed by atoms with Crippen molar-refractivity contribution < 1.29 is 9.84 Å². The van der Waals surface area contributed by atoms with E-state index in [1.165, 1.54) is 0 Å². The summed E-state index contributed by atoms with van der Waals surface area (Å²) in [5.74, 6) is 0.841. The molecule has 0 heterocycles. The van der Waals surface area contributed by atoms with Crippen LogP contribution in [0.1, 0.15) is 39.7 Å². The lowest BCUT2D eigenvalue weighted by Gasteiger charge is -2.30. The number of aliphatic hydroxyl groups excluding tert-OH is 1. The zero-order valence-electron chi connectivity index (χ0n) is 10.7. The van der Waals surface area contributed by atoms with Gasteiger partial charge in [0.25, 0.3) is 0 Å². The largest absolute Gasteiger partial charge is 0.490 e. The summed E-state index contributed by atoms with van der Waals surface area (Å²) in [6, 6.07) is 7.64. The fourth-order valence-corrected chi connectivity index (χ4v) is 1.75. The minimum absolute atomic E-state index is 0.0590. The summed E-state index contributed by atoms with van der Waals surface area (Å²) in [6.07, 6.45) is 1.17. The topological polar surface area (TPSA) is 29.5 Å². The van der Waals surface area contributed by atoms with Crippen LogP contribution < -0.4 is 4.74 Å². The molecule has 2 heteroatoms. The molecule has 0 fully saturated rings. The van der Waals surface area contributed by atoms with Gasteiger partial charge in [-0.3, -0.25) is 0 Å². The number of ether oxygens (including phenoxy) is 1. The highest BCUT2D eigenvalue weighted by atomic mass is 16.5. The lowest BCUT2D eigenvalue weighted by atomic mass is 9.87. The molecule has 0 aliphatic carbocycles. The molecule has 0 saturated carbocycles. The Morgan fingerprint density at radius 1 is 1.31 bits per heavy atom. The van der Waals surface area contributed by atoms with E-state index in [1.54, 1.807) is 0 Å². The summed E-state index contributed by atoms with van der Waals surface area (Å²) in [6.45, 7) is 8.72. The number of hydrogen-bond acceptors (Lipinski definition) is 2. The quantitative estimate of drug-likeness (QED) is 0.846. The van der Waals surface area contributed by atoms with Crippen molar-refractivity contribution in [2.45, 2.75) is 46.8 Å². The van der Waals surface area contributed by atoms with Crippen molar-refractivity contribution in [1.82, 2.24) is 0 Å². The second-order valence-corrected chi connectivity index (χ2v) is 5.19. The number of aliphatic hydroxyl groups is 1. The van der Waals surface area contributed by atoms with Crippen LogP contribution in [0.25, 0.3) is 0 Å². The number of hydrogen-bond donors (Lipinski definition) is 1. The Morgan fingerprint density at radius 2 is 2.00 bits per heavy atom. The molecule has 0 aliphatic heterocycles. The first-order chi connectivity index (χ1) is 7.47. The van der Waals surface area contributed by atoms with Gasteiger partial charge in [-0.15, -0.1) is 0 Å². The van der Waals surface area contributed by atoms with Gasteiger partial charge in [-0.1, -0.05) is 39.8 Å². The third kappa shape index (κ3) is 3.53. The molecule has 1 N–H and O–H groups in total. The maximum atomic E-state index is 9.06. The summed E-state index contributed by atoms with van der Waals surface area (Å²) in [5, 5.41) is 9.06. The van der Waals surface area contributed by atoms with Crippen LogP contribution in [-0.2, 0) is 6.61 Å². The highest BCUT2D eigenvalue weighted by Gasteiger charge is 2.24. The zero-order valence-corrected chi connectivity index (χ0v) is 10.7. The minimum atomic E-state index is 0.0590. The summed E-state index contributed by atoms with van der Waals surface area (Å²) in [4.78, 5) is 0. The molecule has 1 aromatic rings. The van der Waals surface area contributed by atoms with Crippen molar-refractivity contribution in [1.29, 1.82) is 0 Å². The van der Waals surface area contributed by atoms with Gasteiger partial charge in [-0.05, 0) is 29.5 Å². The molecule has 0 aliphatic rings. The highest BCUT2D eigenvalue weighted by molar-refractivity contribution is 5.28. The molecule has 0 aromatic heterocycles. The van der Waals surface area contributed by atoms with Crippen molar-refractivity contribution in [3.63, 3.8) is 0 Å². The molecular formula is C14H22O2. The van der Waals surface area contributed by atoms with Crippen LogP contribution in [0.5, 0.6) is 5.75 Å². The van der Waals surface area contributed by atoms with Gasteiger partial charge in [0.1, 0.15) is 11.9 Å². The van der Waals surface area contributed by atoms with E-state index < -0.39 is 0 Å². The molecule has 1 atom stereocenters. The normalized spacial score (nSPS) is 13.6. The van der Waals surface area contributed by atoms with Gasteiger partial charge in [-0.25, -0.2) is 0 Å². The van der Waals surface area contributed by atoms with Crippen LogP contribution in [0.4, 0.5) is 0 Å². The summed E-state index contributed by atoms with van der Waals surface area (Å²) >= 11 is 0. The second kappa shape index (κ2) is 5.35. The molecule has 0 bridgehead atoms. The van der Waals surface area contributed by atoms with E-state index in [0.717, 1.165) is 17.7 Å². The maximum Gasteiger partial charge on any atom is 0.120 e. The van der Waals surface area contributed by atoms with Gasteiger partial charge in [-0.2, -0.15) is 0 Å². The summed E-state index contributed by atoms with van der Waals surface area (Å²) in [7, 11) is 0. The van der Waals surface area contributed by atoms with Crippen molar-refractivity contribution in [2.75, 3.05) is 0 Å². The Morgan fingerprint density at radius 3 is 2.50 bits per heavy atom. The summed E-state index contributed by atoms with van der Waals surface area (Å²) < 4.78 is 5.96. The average Bonchev–Trinajstić information content (AvgIpc) is 2.24. The molecule has 0 spiro atoms. The van der Waals surface area contributed by atoms with Gasteiger partial charge < -0.3 is 9.84 Å². The van der Waals surface area contributed by atoms with Crippen LogP contribution in [0.2, 0.25) is 0 Å². The van der Waals surface area contributed by atoms with Crippen molar-refractivity contribution in [3.8, 4) is 5.75 Å². The molecule has 0 saturated heterocycles. The van der Waals surface area contributed by atoms with E-state index in [9.17, 15) is 0 Å². The molecule has 16 heavy (non-hydrogen) atoms. The fraction of sp³-hybridized carbons (Fsp3) is 0.571. The third-order valence-corrected chi connectivity index (χ3v) is 2.70. The van der Waals surface area contributed by atoms with Crippen molar-refractivity contribution >= 4 is 0 Å². The molecular weight excluding hydrogens is 200 g/mol. The minimum Gasteiger partial charge on any atom is -0.490 e. The van der Waals surface area contributed by atoms with Crippen LogP contribution >= 0.6 is 0 Å². The van der Waals surface area contributed by atoms with Gasteiger partial charge in [0, 0.05) is 0 Å². The standard InChI is InChI=1S/C14H22O2/c1-5-13(14(2,3)4)16-12-8-6-7-11(9-12)10-15/h6-9,13,15H,5,10H2,1-4H3. The van der Waals surface area contributed by atoms with E-state index in [2.05, 4.69) is 27.7 Å². The van der Waals surface area contributed by atoms with Crippen LogP contribution in [0, 0.1) is 5.41 Å². The van der Waals surface area contributed by atoms with Gasteiger partial charge >= 0.3 is 0 Å². The molecule has 1 aromatic carbocycles. The Kier molecular flexibility index (Phi) is 4.36. The fourth-order valence-electron chi connectivity index (χ4n) is 1.75. The first kappa shape index (κ1) is 13.0. The zero-order chi connectivity index (χ0) is 12.2. The van der Waals surface area contributed by atoms with Gasteiger partial charge in [0.05, 0.1) is 6.61 Å². The molecule has 90 valence electrons. The van der Waals surface area contributed by atoms with Crippen molar-refractivity contribution in [2.24, 2.45) is 5.41 Å².